The van der Waals surface area contributed by atoms with E-state index in [1.54, 1.807) is 0 Å². The summed E-state index contributed by atoms with van der Waals surface area (Å²) < 4.78 is 11.2. The minimum absolute atomic E-state index is 0.0235. The van der Waals surface area contributed by atoms with Crippen molar-refractivity contribution in [3.63, 3.8) is 0 Å². The van der Waals surface area contributed by atoms with Crippen LogP contribution in [0.3, 0.4) is 0 Å². The smallest absolute Gasteiger partial charge is 0.226 e. The van der Waals surface area contributed by atoms with Crippen LogP contribution >= 0.6 is 0 Å². The van der Waals surface area contributed by atoms with Gasteiger partial charge < -0.3 is 15.7 Å². The Labute approximate surface area is 214 Å². The molecule has 0 aromatic carbocycles. The van der Waals surface area contributed by atoms with Gasteiger partial charge in [0.2, 0.25) is 11.8 Å². The first-order valence-corrected chi connectivity index (χ1v) is 15.2. The summed E-state index contributed by atoms with van der Waals surface area (Å²) in [6.07, 6.45) is 7.16. The Morgan fingerprint density at radius 2 is 1.47 bits per heavy atom. The van der Waals surface area contributed by atoms with Gasteiger partial charge in [0.25, 0.3) is 0 Å². The van der Waals surface area contributed by atoms with Crippen LogP contribution in [-0.2, 0) is 20.4 Å². The van der Waals surface area contributed by atoms with E-state index in [4.69, 9.17) is 5.11 Å². The van der Waals surface area contributed by atoms with E-state index in [0.29, 0.717) is 49.7 Å². The maximum Gasteiger partial charge on any atom is 0.226 e. The molecule has 7 heteroatoms. The fourth-order valence-corrected chi connectivity index (χ4v) is 4.10. The number of aliphatic hydroxyl groups excluding tert-OH is 1. The van der Waals surface area contributed by atoms with E-state index in [-0.39, 0.29) is 18.4 Å². The van der Waals surface area contributed by atoms with Gasteiger partial charge in [0, 0.05) is 48.4 Å². The van der Waals surface area contributed by atoms with Gasteiger partial charge in [-0.15, -0.1) is 0 Å². The molecule has 0 fully saturated rings. The molecule has 0 heterocycles. The van der Waals surface area contributed by atoms with Crippen molar-refractivity contribution in [1.29, 1.82) is 0 Å². The minimum Gasteiger partial charge on any atom is -0.396 e. The fourth-order valence-electron chi connectivity index (χ4n) is 3.48. The molecule has 0 aliphatic rings. The summed E-state index contributed by atoms with van der Waals surface area (Å²) in [5.74, 6) is 2.72. The van der Waals surface area contributed by atoms with Crippen LogP contribution < -0.4 is 10.6 Å². The Hall–Kier alpha value is -0.950. The molecule has 1 unspecified atom stereocenters. The number of amides is 2. The lowest BCUT2D eigenvalue weighted by Gasteiger charge is -2.29. The minimum atomic E-state index is -0.842. The summed E-state index contributed by atoms with van der Waals surface area (Å²) in [5.41, 5.74) is -0.470. The summed E-state index contributed by atoms with van der Waals surface area (Å²) in [4.78, 5) is 23.5. The molecule has 206 valence electrons. The first kappa shape index (κ1) is 37.6. The topological polar surface area (TPSA) is 95.5 Å². The molecule has 6 nitrogen and oxygen atoms in total. The lowest BCUT2D eigenvalue weighted by molar-refractivity contribution is -0.132. The number of nitrogens with one attached hydrogen (secondary N) is 2. The van der Waals surface area contributed by atoms with E-state index in [2.05, 4.69) is 38.3 Å². The van der Waals surface area contributed by atoms with E-state index >= 15 is 0 Å². The first-order valence-electron chi connectivity index (χ1n) is 13.7. The highest BCUT2D eigenvalue weighted by molar-refractivity contribution is 7.84. The van der Waals surface area contributed by atoms with Gasteiger partial charge in [-0.3, -0.25) is 13.8 Å². The van der Waals surface area contributed by atoms with Crippen LogP contribution in [0.1, 0.15) is 114 Å². The van der Waals surface area contributed by atoms with Crippen LogP contribution in [0.4, 0.5) is 0 Å². The summed E-state index contributed by atoms with van der Waals surface area (Å²) in [5, 5.41) is 14.9. The second-order valence-corrected chi connectivity index (χ2v) is 10.8. The number of carbonyl (C=O) groups excluding carboxylic acids is 2. The number of aliphatic hydroxyl groups is 1. The molecule has 0 aliphatic heterocycles. The molecule has 0 spiro atoms. The molecule has 0 saturated carbocycles. The largest absolute Gasteiger partial charge is 0.396 e. The zero-order valence-electron chi connectivity index (χ0n) is 23.9. The monoisotopic (exact) mass is 506 g/mol. The summed E-state index contributed by atoms with van der Waals surface area (Å²) in [7, 11) is -0.842. The van der Waals surface area contributed by atoms with Gasteiger partial charge in [0.05, 0.1) is 5.41 Å². The molecule has 0 saturated heterocycles. The molecule has 0 rings (SSSR count). The molecular formula is C27H58N2O4S. The Morgan fingerprint density at radius 1 is 0.912 bits per heavy atom. The fraction of sp³-hybridized carbons (Fsp3) is 0.926. The van der Waals surface area contributed by atoms with Gasteiger partial charge in [0.1, 0.15) is 0 Å². The average Bonchev–Trinajstić information content (AvgIpc) is 2.85. The van der Waals surface area contributed by atoms with Crippen molar-refractivity contribution in [1.82, 2.24) is 10.6 Å². The van der Waals surface area contributed by atoms with Gasteiger partial charge in [-0.25, -0.2) is 0 Å². The lowest BCUT2D eigenvalue weighted by atomic mass is 9.78. The molecule has 0 aliphatic carbocycles. The van der Waals surface area contributed by atoms with Crippen LogP contribution in [0.25, 0.3) is 0 Å². The van der Waals surface area contributed by atoms with Crippen molar-refractivity contribution >= 4 is 22.6 Å². The van der Waals surface area contributed by atoms with Crippen LogP contribution in [0.15, 0.2) is 0 Å². The van der Waals surface area contributed by atoms with Crippen LogP contribution in [0.5, 0.6) is 0 Å². The molecule has 0 aromatic heterocycles. The van der Waals surface area contributed by atoms with Gasteiger partial charge in [0.15, 0.2) is 0 Å². The van der Waals surface area contributed by atoms with Crippen molar-refractivity contribution in [2.45, 2.75) is 114 Å². The molecule has 2 amide bonds. The van der Waals surface area contributed by atoms with E-state index in [1.165, 1.54) is 12.8 Å². The second kappa shape index (κ2) is 25.2. The second-order valence-electron chi connectivity index (χ2n) is 8.90. The average molecular weight is 507 g/mol. The van der Waals surface area contributed by atoms with Crippen molar-refractivity contribution in [3.05, 3.63) is 0 Å². The third kappa shape index (κ3) is 19.4. The van der Waals surface area contributed by atoms with Crippen molar-refractivity contribution < 1.29 is 18.9 Å². The van der Waals surface area contributed by atoms with Gasteiger partial charge in [-0.2, -0.15) is 0 Å². The van der Waals surface area contributed by atoms with Gasteiger partial charge >= 0.3 is 0 Å². The van der Waals surface area contributed by atoms with Crippen LogP contribution in [0.2, 0.25) is 0 Å². The molecular weight excluding hydrogens is 448 g/mol. The number of hydrogen-bond donors (Lipinski definition) is 3. The molecule has 1 atom stereocenters. The molecule has 3 N–H and O–H groups in total. The molecule has 0 aromatic rings. The maximum absolute atomic E-state index is 12.1. The van der Waals surface area contributed by atoms with Crippen molar-refractivity contribution in [2.24, 2.45) is 17.3 Å². The Bertz CT molecular complexity index is 505. The highest BCUT2D eigenvalue weighted by Crippen LogP contribution is 2.30. The third-order valence-electron chi connectivity index (χ3n) is 6.34. The Balaban J connectivity index is -0.000000530. The quantitative estimate of drug-likeness (QED) is 0.244. The van der Waals surface area contributed by atoms with Crippen LogP contribution in [-0.4, -0.2) is 52.3 Å². The number of rotatable bonds is 17. The standard InChI is InChI=1S/C13H27NO.C12H25NO3S.C2H6/c1-5-12(6-2)9-10-14-13(15)8-7-11(3)4;1-4-12(5-2,7-9-14)11(15)13-8-10-17(16)6-3;1-2/h11-12H,5-10H2,1-4H3,(H,14,15);14H,4-10H2,1-3H3,(H,13,15);1-2H3. The van der Waals surface area contributed by atoms with E-state index in [9.17, 15) is 13.8 Å². The number of hydrogen-bond acceptors (Lipinski definition) is 4. The molecule has 0 bridgehead atoms. The molecule has 34 heavy (non-hydrogen) atoms. The van der Waals surface area contributed by atoms with E-state index < -0.39 is 16.2 Å². The maximum atomic E-state index is 12.1. The van der Waals surface area contributed by atoms with Gasteiger partial charge in [-0.1, -0.05) is 75.2 Å². The first-order chi connectivity index (χ1) is 16.2. The molecule has 0 radical (unpaired) electrons. The zero-order chi connectivity index (χ0) is 27.0. The predicted molar refractivity (Wildman–Crippen MR) is 148 cm³/mol. The van der Waals surface area contributed by atoms with E-state index in [0.717, 1.165) is 25.3 Å². The SMILES string of the molecule is CC.CCC(CC)CCNC(=O)CCC(C)C.CCS(=O)CCNC(=O)C(CC)(CC)CCO. The highest BCUT2D eigenvalue weighted by Gasteiger charge is 2.33. The van der Waals surface area contributed by atoms with Crippen LogP contribution in [0, 0.1) is 17.3 Å². The zero-order valence-corrected chi connectivity index (χ0v) is 24.7. The highest BCUT2D eigenvalue weighted by atomic mass is 32.2. The summed E-state index contributed by atoms with van der Waals surface area (Å²) >= 11 is 0. The van der Waals surface area contributed by atoms with Crippen molar-refractivity contribution in [3.8, 4) is 0 Å². The van der Waals surface area contributed by atoms with Gasteiger partial charge in [-0.05, 0) is 43.9 Å². The number of carbonyl (C=O) groups is 2. The van der Waals surface area contributed by atoms with E-state index in [1.807, 2.05) is 34.6 Å². The van der Waals surface area contributed by atoms with Crippen molar-refractivity contribution in [2.75, 3.05) is 31.2 Å². The lowest BCUT2D eigenvalue weighted by Crippen LogP contribution is -2.42. The summed E-state index contributed by atoms with van der Waals surface area (Å²) in [6.45, 7) is 19.8. The Morgan fingerprint density at radius 3 is 1.88 bits per heavy atom. The third-order valence-corrected chi connectivity index (χ3v) is 7.64. The predicted octanol–water partition coefficient (Wildman–Crippen LogP) is 5.45. The summed E-state index contributed by atoms with van der Waals surface area (Å²) in [6, 6.07) is 0. The normalized spacial score (nSPS) is 11.8. The Kier molecular flexibility index (Phi) is 27.8.